The summed E-state index contributed by atoms with van der Waals surface area (Å²) in [5.74, 6) is -0.434. The highest BCUT2D eigenvalue weighted by Gasteiger charge is 2.28. The molecular weight excluding hydrogens is 274 g/mol. The molecule has 122 valence electrons. The van der Waals surface area contributed by atoms with Crippen LogP contribution < -0.4 is 5.32 Å². The number of ether oxygens (including phenoxy) is 2. The summed E-state index contributed by atoms with van der Waals surface area (Å²) in [6, 6.07) is -0.238. The molecule has 1 unspecified atom stereocenters. The number of hydrogen-bond donors (Lipinski definition) is 1. The van der Waals surface area contributed by atoms with Crippen LogP contribution in [0.15, 0.2) is 0 Å². The van der Waals surface area contributed by atoms with Crippen molar-refractivity contribution < 1.29 is 19.1 Å². The zero-order valence-corrected chi connectivity index (χ0v) is 13.3. The van der Waals surface area contributed by atoms with Crippen molar-refractivity contribution in [2.75, 3.05) is 59.6 Å². The van der Waals surface area contributed by atoms with Crippen LogP contribution in [0.3, 0.4) is 0 Å². The first-order valence-electron chi connectivity index (χ1n) is 7.48. The van der Waals surface area contributed by atoms with Crippen molar-refractivity contribution in [1.82, 2.24) is 15.1 Å². The van der Waals surface area contributed by atoms with E-state index in [-0.39, 0.29) is 24.5 Å². The Balaban J connectivity index is 2.61. The molecule has 1 atom stereocenters. The largest absolute Gasteiger partial charge is 0.465 e. The summed E-state index contributed by atoms with van der Waals surface area (Å²) in [5.41, 5.74) is 0. The number of carbonyl (C=O) groups is 2. The molecule has 0 aliphatic carbocycles. The third kappa shape index (κ3) is 5.99. The van der Waals surface area contributed by atoms with E-state index in [0.717, 1.165) is 26.2 Å². The summed E-state index contributed by atoms with van der Waals surface area (Å²) in [4.78, 5) is 27.9. The Hall–Kier alpha value is -1.18. The lowest BCUT2D eigenvalue weighted by Gasteiger charge is -2.34. The second kappa shape index (κ2) is 9.70. The number of methoxy groups -OCH3 is 1. The Morgan fingerprint density at radius 1 is 1.33 bits per heavy atom. The van der Waals surface area contributed by atoms with E-state index in [0.29, 0.717) is 19.8 Å². The number of esters is 1. The molecule has 1 amide bonds. The Kier molecular flexibility index (Phi) is 8.26. The summed E-state index contributed by atoms with van der Waals surface area (Å²) in [6.07, 6.45) is 0. The lowest BCUT2D eigenvalue weighted by Crippen LogP contribution is -2.54. The van der Waals surface area contributed by atoms with E-state index in [1.165, 1.54) is 4.90 Å². The van der Waals surface area contributed by atoms with Gasteiger partial charge in [-0.25, -0.2) is 0 Å². The monoisotopic (exact) mass is 301 g/mol. The van der Waals surface area contributed by atoms with Crippen LogP contribution in [0.25, 0.3) is 0 Å². The highest BCUT2D eigenvalue weighted by Crippen LogP contribution is 2.06. The molecule has 1 saturated heterocycles. The van der Waals surface area contributed by atoms with E-state index in [9.17, 15) is 9.59 Å². The second-order valence-electron chi connectivity index (χ2n) is 5.02. The van der Waals surface area contributed by atoms with Gasteiger partial charge in [0.25, 0.3) is 0 Å². The molecule has 1 aliphatic rings. The van der Waals surface area contributed by atoms with Crippen LogP contribution in [-0.4, -0.2) is 87.3 Å². The van der Waals surface area contributed by atoms with E-state index >= 15 is 0 Å². The zero-order valence-electron chi connectivity index (χ0n) is 13.3. The van der Waals surface area contributed by atoms with Crippen molar-refractivity contribution in [1.29, 1.82) is 0 Å². The Bertz CT molecular complexity index is 332. The summed E-state index contributed by atoms with van der Waals surface area (Å²) in [7, 11) is 1.58. The van der Waals surface area contributed by atoms with E-state index in [1.807, 2.05) is 6.92 Å². The topological polar surface area (TPSA) is 71.1 Å². The molecule has 7 nitrogen and oxygen atoms in total. The molecule has 0 aromatic carbocycles. The average Bonchev–Trinajstić information content (AvgIpc) is 2.51. The predicted molar refractivity (Wildman–Crippen MR) is 79.0 cm³/mol. The first-order valence-corrected chi connectivity index (χ1v) is 7.48. The molecule has 7 heteroatoms. The summed E-state index contributed by atoms with van der Waals surface area (Å²) >= 11 is 0. The fourth-order valence-electron chi connectivity index (χ4n) is 2.32. The van der Waals surface area contributed by atoms with Gasteiger partial charge in [0.15, 0.2) is 0 Å². The molecule has 0 saturated carbocycles. The highest BCUT2D eigenvalue weighted by atomic mass is 16.5. The molecule has 1 N–H and O–H groups in total. The number of hydrogen-bond acceptors (Lipinski definition) is 6. The Labute approximate surface area is 126 Å². The van der Waals surface area contributed by atoms with Gasteiger partial charge in [-0.15, -0.1) is 0 Å². The van der Waals surface area contributed by atoms with Gasteiger partial charge in [-0.05, 0) is 13.8 Å². The number of amides is 1. The lowest BCUT2D eigenvalue weighted by atomic mass is 10.2. The molecule has 0 aromatic heterocycles. The Morgan fingerprint density at radius 2 is 2.00 bits per heavy atom. The smallest absolute Gasteiger partial charge is 0.325 e. The molecule has 1 aliphatic heterocycles. The number of carbonyl (C=O) groups excluding carboxylic acids is 2. The molecular formula is C14H27N3O4. The first-order chi connectivity index (χ1) is 10.1. The minimum atomic E-state index is -0.380. The summed E-state index contributed by atoms with van der Waals surface area (Å²) in [6.45, 7) is 8.17. The number of rotatable bonds is 8. The number of nitrogens with one attached hydrogen (secondary N) is 1. The molecule has 0 spiro atoms. The van der Waals surface area contributed by atoms with Gasteiger partial charge in [0.2, 0.25) is 5.91 Å². The number of nitrogens with zero attached hydrogens (tertiary/aromatic N) is 2. The van der Waals surface area contributed by atoms with Gasteiger partial charge in [-0.1, -0.05) is 0 Å². The normalized spacial score (nSPS) is 17.3. The molecule has 1 rings (SSSR count). The molecule has 0 aromatic rings. The molecule has 1 fully saturated rings. The fraction of sp³-hybridized carbons (Fsp3) is 0.857. The average molecular weight is 301 g/mol. The Morgan fingerprint density at radius 3 is 2.57 bits per heavy atom. The van der Waals surface area contributed by atoms with E-state index in [2.05, 4.69) is 10.2 Å². The van der Waals surface area contributed by atoms with Gasteiger partial charge < -0.3 is 19.7 Å². The van der Waals surface area contributed by atoms with Crippen LogP contribution >= 0.6 is 0 Å². The van der Waals surface area contributed by atoms with Gasteiger partial charge in [-0.3, -0.25) is 14.5 Å². The van der Waals surface area contributed by atoms with Crippen molar-refractivity contribution in [2.45, 2.75) is 19.9 Å². The van der Waals surface area contributed by atoms with Gasteiger partial charge in [0.05, 0.1) is 19.3 Å². The predicted octanol–water partition coefficient (Wildman–Crippen LogP) is -0.682. The van der Waals surface area contributed by atoms with Crippen LogP contribution in [-0.2, 0) is 19.1 Å². The molecule has 21 heavy (non-hydrogen) atoms. The maximum absolute atomic E-state index is 12.6. The van der Waals surface area contributed by atoms with Crippen LogP contribution in [0.5, 0.6) is 0 Å². The van der Waals surface area contributed by atoms with E-state index < -0.39 is 0 Å². The van der Waals surface area contributed by atoms with Crippen molar-refractivity contribution in [3.05, 3.63) is 0 Å². The highest BCUT2D eigenvalue weighted by molar-refractivity contribution is 5.85. The third-order valence-electron chi connectivity index (χ3n) is 3.56. The maximum Gasteiger partial charge on any atom is 0.325 e. The van der Waals surface area contributed by atoms with Crippen molar-refractivity contribution in [3.63, 3.8) is 0 Å². The molecule has 0 radical (unpaired) electrons. The van der Waals surface area contributed by atoms with Crippen LogP contribution in [0.1, 0.15) is 13.8 Å². The van der Waals surface area contributed by atoms with Crippen LogP contribution in [0.2, 0.25) is 0 Å². The lowest BCUT2D eigenvalue weighted by molar-refractivity contribution is -0.151. The minimum absolute atomic E-state index is 0.0214. The van der Waals surface area contributed by atoms with Crippen LogP contribution in [0, 0.1) is 0 Å². The quantitative estimate of drug-likeness (QED) is 0.599. The van der Waals surface area contributed by atoms with Crippen molar-refractivity contribution in [2.24, 2.45) is 0 Å². The van der Waals surface area contributed by atoms with Gasteiger partial charge in [0.1, 0.15) is 6.54 Å². The van der Waals surface area contributed by atoms with Crippen molar-refractivity contribution >= 4 is 11.9 Å². The SMILES string of the molecule is CCOC(=O)CN(CCOC)C(=O)C(C)N1CCNCC1. The third-order valence-corrected chi connectivity index (χ3v) is 3.56. The number of piperazine rings is 1. The summed E-state index contributed by atoms with van der Waals surface area (Å²) < 4.78 is 9.95. The minimum Gasteiger partial charge on any atom is -0.465 e. The van der Waals surface area contributed by atoms with Gasteiger partial charge in [0, 0.05) is 39.8 Å². The maximum atomic E-state index is 12.6. The zero-order chi connectivity index (χ0) is 15.7. The van der Waals surface area contributed by atoms with E-state index in [1.54, 1.807) is 14.0 Å². The van der Waals surface area contributed by atoms with E-state index in [4.69, 9.17) is 9.47 Å². The van der Waals surface area contributed by atoms with Gasteiger partial charge in [-0.2, -0.15) is 0 Å². The summed E-state index contributed by atoms with van der Waals surface area (Å²) in [5, 5.41) is 3.26. The van der Waals surface area contributed by atoms with Gasteiger partial charge >= 0.3 is 5.97 Å². The molecule has 0 bridgehead atoms. The first kappa shape index (κ1) is 17.9. The molecule has 1 heterocycles. The van der Waals surface area contributed by atoms with Crippen molar-refractivity contribution in [3.8, 4) is 0 Å². The second-order valence-corrected chi connectivity index (χ2v) is 5.02. The standard InChI is InChI=1S/C14H27N3O4/c1-4-21-13(18)11-17(9-10-20-3)14(19)12(2)16-7-5-15-6-8-16/h12,15H,4-11H2,1-3H3. The van der Waals surface area contributed by atoms with Crippen LogP contribution in [0.4, 0.5) is 0 Å². The fourth-order valence-corrected chi connectivity index (χ4v) is 2.32.